The Bertz CT molecular complexity index is 895. The van der Waals surface area contributed by atoms with Gasteiger partial charge in [0.05, 0.1) is 12.7 Å². The summed E-state index contributed by atoms with van der Waals surface area (Å²) in [5.74, 6) is -0.478. The number of hydrogen-bond donors (Lipinski definition) is 1. The van der Waals surface area contributed by atoms with Crippen LogP contribution >= 0.6 is 22.9 Å². The SMILES string of the molecule is COC(=O)C1=C(C)NC(c2nccs2)=NC1(C)c1ccc(F)cc1Cl. The summed E-state index contributed by atoms with van der Waals surface area (Å²) in [5.41, 5.74) is 0.249. The van der Waals surface area contributed by atoms with Crippen LogP contribution in [-0.2, 0) is 15.1 Å². The molecule has 1 N–H and O–H groups in total. The van der Waals surface area contributed by atoms with E-state index in [4.69, 9.17) is 21.3 Å². The highest BCUT2D eigenvalue weighted by atomic mass is 35.5. The summed E-state index contributed by atoms with van der Waals surface area (Å²) < 4.78 is 18.4. The van der Waals surface area contributed by atoms with Crippen molar-refractivity contribution in [2.24, 2.45) is 4.99 Å². The lowest BCUT2D eigenvalue weighted by Crippen LogP contribution is -2.41. The molecule has 0 fully saturated rings. The molecule has 1 aliphatic rings. The Balaban J connectivity index is 2.24. The predicted molar refractivity (Wildman–Crippen MR) is 95.3 cm³/mol. The summed E-state index contributed by atoms with van der Waals surface area (Å²) in [4.78, 5) is 21.4. The van der Waals surface area contributed by atoms with E-state index >= 15 is 0 Å². The Labute approximate surface area is 153 Å². The molecule has 0 saturated carbocycles. The molecule has 5 nitrogen and oxygen atoms in total. The van der Waals surface area contributed by atoms with Gasteiger partial charge in [-0.2, -0.15) is 0 Å². The molecule has 1 aromatic heterocycles. The molecule has 1 atom stereocenters. The summed E-state index contributed by atoms with van der Waals surface area (Å²) >= 11 is 7.68. The maximum atomic E-state index is 13.5. The van der Waals surface area contributed by atoms with Gasteiger partial charge in [0.25, 0.3) is 0 Å². The largest absolute Gasteiger partial charge is 0.466 e. The highest BCUT2D eigenvalue weighted by Gasteiger charge is 2.42. The number of carbonyl (C=O) groups excluding carboxylic acids is 1. The van der Waals surface area contributed by atoms with Crippen LogP contribution in [0.5, 0.6) is 0 Å². The highest BCUT2D eigenvalue weighted by molar-refractivity contribution is 7.11. The number of hydrogen-bond acceptors (Lipinski definition) is 6. The molecule has 1 aliphatic heterocycles. The topological polar surface area (TPSA) is 63.6 Å². The average molecular weight is 380 g/mol. The first-order valence-electron chi connectivity index (χ1n) is 7.38. The second-order valence-corrected chi connectivity index (χ2v) is 6.91. The number of ether oxygens (including phenoxy) is 1. The number of benzene rings is 1. The Morgan fingerprint density at radius 3 is 2.80 bits per heavy atom. The van der Waals surface area contributed by atoms with Crippen LogP contribution in [0.4, 0.5) is 4.39 Å². The smallest absolute Gasteiger partial charge is 0.338 e. The number of halogens is 2. The molecule has 1 aromatic carbocycles. The molecule has 25 heavy (non-hydrogen) atoms. The summed E-state index contributed by atoms with van der Waals surface area (Å²) in [6, 6.07) is 4.02. The monoisotopic (exact) mass is 379 g/mol. The highest BCUT2D eigenvalue weighted by Crippen LogP contribution is 2.41. The molecule has 130 valence electrons. The molecular weight excluding hydrogens is 365 g/mol. The van der Waals surface area contributed by atoms with Crippen molar-refractivity contribution in [3.8, 4) is 0 Å². The van der Waals surface area contributed by atoms with Crippen molar-refractivity contribution in [2.45, 2.75) is 19.4 Å². The maximum absolute atomic E-state index is 13.5. The molecule has 8 heteroatoms. The van der Waals surface area contributed by atoms with E-state index in [-0.39, 0.29) is 5.02 Å². The zero-order valence-corrected chi connectivity index (χ0v) is 15.3. The van der Waals surface area contributed by atoms with Gasteiger partial charge in [-0.15, -0.1) is 11.3 Å². The fraction of sp³-hybridized carbons (Fsp3) is 0.235. The van der Waals surface area contributed by atoms with Gasteiger partial charge in [-0.1, -0.05) is 17.7 Å². The molecule has 1 unspecified atom stereocenters. The lowest BCUT2D eigenvalue weighted by Gasteiger charge is -2.34. The number of rotatable bonds is 3. The third-order valence-electron chi connectivity index (χ3n) is 3.98. The van der Waals surface area contributed by atoms with Crippen molar-refractivity contribution in [1.29, 1.82) is 0 Å². The van der Waals surface area contributed by atoms with Crippen LogP contribution in [0.3, 0.4) is 0 Å². The lowest BCUT2D eigenvalue weighted by molar-refractivity contribution is -0.137. The summed E-state index contributed by atoms with van der Waals surface area (Å²) in [6.45, 7) is 3.50. The molecule has 0 amide bonds. The van der Waals surface area contributed by atoms with Gasteiger partial charge < -0.3 is 10.1 Å². The van der Waals surface area contributed by atoms with E-state index < -0.39 is 17.3 Å². The first kappa shape index (κ1) is 17.6. The average Bonchev–Trinajstić information content (AvgIpc) is 3.08. The summed E-state index contributed by atoms with van der Waals surface area (Å²) in [7, 11) is 1.30. The van der Waals surface area contributed by atoms with Crippen molar-refractivity contribution in [3.63, 3.8) is 0 Å². The van der Waals surface area contributed by atoms with Crippen molar-refractivity contribution >= 4 is 34.7 Å². The quantitative estimate of drug-likeness (QED) is 0.827. The molecule has 0 bridgehead atoms. The molecule has 2 heterocycles. The van der Waals surface area contributed by atoms with E-state index in [9.17, 15) is 9.18 Å². The van der Waals surface area contributed by atoms with Crippen molar-refractivity contribution in [2.75, 3.05) is 7.11 Å². The van der Waals surface area contributed by atoms with E-state index in [1.54, 1.807) is 20.0 Å². The maximum Gasteiger partial charge on any atom is 0.338 e. The minimum absolute atomic E-state index is 0.181. The normalized spacial score (nSPS) is 20.1. The van der Waals surface area contributed by atoms with Crippen LogP contribution in [0.2, 0.25) is 5.02 Å². The summed E-state index contributed by atoms with van der Waals surface area (Å²) in [5, 5.41) is 5.78. The number of nitrogens with one attached hydrogen (secondary N) is 1. The molecule has 0 saturated heterocycles. The molecule has 2 aromatic rings. The molecule has 0 aliphatic carbocycles. The fourth-order valence-corrected chi connectivity index (χ4v) is 3.82. The zero-order valence-electron chi connectivity index (χ0n) is 13.8. The number of thiazole rings is 1. The Morgan fingerprint density at radius 1 is 1.44 bits per heavy atom. The fourth-order valence-electron chi connectivity index (χ4n) is 2.89. The minimum Gasteiger partial charge on any atom is -0.466 e. The predicted octanol–water partition coefficient (Wildman–Crippen LogP) is 3.65. The second kappa shape index (κ2) is 6.57. The number of esters is 1. The number of aromatic nitrogens is 1. The molecule has 0 radical (unpaired) electrons. The van der Waals surface area contributed by atoms with Crippen molar-refractivity contribution in [3.05, 3.63) is 62.5 Å². The van der Waals surface area contributed by atoms with Crippen LogP contribution in [0.15, 0.2) is 46.0 Å². The number of amidine groups is 1. The van der Waals surface area contributed by atoms with Gasteiger partial charge in [0.1, 0.15) is 11.4 Å². The molecule has 3 rings (SSSR count). The van der Waals surface area contributed by atoms with Gasteiger partial charge in [-0.05, 0) is 26.0 Å². The number of carbonyl (C=O) groups is 1. The van der Waals surface area contributed by atoms with E-state index in [1.807, 2.05) is 5.38 Å². The standard InChI is InChI=1S/C17H15ClFN3O2S/c1-9-13(16(23)24-3)17(2,11-5-4-10(19)8-12(11)18)22-14(21-9)15-20-6-7-25-15/h4-8H,1-3H3,(H,21,22). The second-order valence-electron chi connectivity index (χ2n) is 5.61. The van der Waals surface area contributed by atoms with Gasteiger partial charge in [0.15, 0.2) is 10.8 Å². The van der Waals surface area contributed by atoms with E-state index in [0.29, 0.717) is 27.7 Å². The van der Waals surface area contributed by atoms with E-state index in [1.165, 1.54) is 36.6 Å². The van der Waals surface area contributed by atoms with Gasteiger partial charge in [0.2, 0.25) is 0 Å². The number of nitrogens with zero attached hydrogens (tertiary/aromatic N) is 2. The Hall–Kier alpha value is -2.25. The van der Waals surface area contributed by atoms with E-state index in [0.717, 1.165) is 0 Å². The van der Waals surface area contributed by atoms with Crippen LogP contribution in [-0.4, -0.2) is 23.9 Å². The third-order valence-corrected chi connectivity index (χ3v) is 5.08. The van der Waals surface area contributed by atoms with Gasteiger partial charge in [-0.3, -0.25) is 0 Å². The Morgan fingerprint density at radius 2 is 2.20 bits per heavy atom. The van der Waals surface area contributed by atoms with Crippen molar-refractivity contribution in [1.82, 2.24) is 10.3 Å². The first-order chi connectivity index (χ1) is 11.9. The van der Waals surface area contributed by atoms with E-state index in [2.05, 4.69) is 10.3 Å². The first-order valence-corrected chi connectivity index (χ1v) is 8.64. The van der Waals surface area contributed by atoms with Gasteiger partial charge >= 0.3 is 5.97 Å². The van der Waals surface area contributed by atoms with Gasteiger partial charge in [0, 0.05) is 27.9 Å². The third kappa shape index (κ3) is 3.05. The zero-order chi connectivity index (χ0) is 18.2. The van der Waals surface area contributed by atoms with Crippen molar-refractivity contribution < 1.29 is 13.9 Å². The lowest BCUT2D eigenvalue weighted by atomic mass is 9.82. The number of methoxy groups -OCH3 is 1. The van der Waals surface area contributed by atoms with Crippen LogP contribution < -0.4 is 5.32 Å². The number of aliphatic imine (C=N–C) groups is 1. The summed E-state index contributed by atoms with van der Waals surface area (Å²) in [6.07, 6.45) is 1.67. The minimum atomic E-state index is -1.14. The van der Waals surface area contributed by atoms with Crippen LogP contribution in [0.1, 0.15) is 24.4 Å². The van der Waals surface area contributed by atoms with Gasteiger partial charge in [-0.25, -0.2) is 19.2 Å². The van der Waals surface area contributed by atoms with Crippen LogP contribution in [0, 0.1) is 5.82 Å². The molecule has 0 spiro atoms. The van der Waals surface area contributed by atoms with Crippen LogP contribution in [0.25, 0.3) is 0 Å². The molecular formula is C17H15ClFN3O2S. The Kier molecular flexibility index (Phi) is 4.62. The number of allylic oxidation sites excluding steroid dienone is 1.